The number of rotatable bonds is 3. The van der Waals surface area contributed by atoms with Crippen LogP contribution in [-0.2, 0) is 0 Å². The van der Waals surface area contributed by atoms with Gasteiger partial charge >= 0.3 is 0 Å². The van der Waals surface area contributed by atoms with Crippen molar-refractivity contribution in [3.63, 3.8) is 0 Å². The zero-order chi connectivity index (χ0) is 11.9. The summed E-state index contributed by atoms with van der Waals surface area (Å²) in [6.07, 6.45) is 16.0. The van der Waals surface area contributed by atoms with Gasteiger partial charge in [0.15, 0.2) is 0 Å². The van der Waals surface area contributed by atoms with Gasteiger partial charge in [0, 0.05) is 6.54 Å². The van der Waals surface area contributed by atoms with Crippen LogP contribution in [0.4, 0.5) is 0 Å². The average Bonchev–Trinajstić information content (AvgIpc) is 2.14. The predicted molar refractivity (Wildman–Crippen MR) is 75.1 cm³/mol. The summed E-state index contributed by atoms with van der Waals surface area (Å²) in [5, 5.41) is 3.65. The Morgan fingerprint density at radius 2 is 1.50 bits per heavy atom. The van der Waals surface area contributed by atoms with E-state index in [4.69, 9.17) is 0 Å². The van der Waals surface area contributed by atoms with Gasteiger partial charge in [-0.2, -0.15) is 0 Å². The summed E-state index contributed by atoms with van der Waals surface area (Å²) in [5.74, 6) is 5.06. The Morgan fingerprint density at radius 1 is 0.833 bits per heavy atom. The molecule has 4 rings (SSSR count). The lowest BCUT2D eigenvalue weighted by atomic mass is 9.57. The van der Waals surface area contributed by atoms with Gasteiger partial charge in [0.05, 0.1) is 0 Å². The van der Waals surface area contributed by atoms with E-state index in [1.807, 2.05) is 5.57 Å². The van der Waals surface area contributed by atoms with Gasteiger partial charge in [0.2, 0.25) is 0 Å². The predicted octanol–water partition coefficient (Wildman–Crippen LogP) is 4.11. The molecule has 1 heteroatoms. The van der Waals surface area contributed by atoms with Gasteiger partial charge < -0.3 is 5.32 Å². The molecule has 1 heterocycles. The second-order valence-corrected chi connectivity index (χ2v) is 7.25. The van der Waals surface area contributed by atoms with Gasteiger partial charge in [-0.3, -0.25) is 0 Å². The molecule has 0 spiro atoms. The Labute approximate surface area is 111 Å². The number of nitrogens with one attached hydrogen (secondary N) is 1. The molecule has 3 saturated carbocycles. The molecule has 2 atom stereocenters. The fourth-order valence-corrected chi connectivity index (χ4v) is 4.66. The zero-order valence-electron chi connectivity index (χ0n) is 11.5. The summed E-state index contributed by atoms with van der Waals surface area (Å²) < 4.78 is 0. The summed E-state index contributed by atoms with van der Waals surface area (Å²) in [5.41, 5.74) is 1.86. The summed E-state index contributed by atoms with van der Waals surface area (Å²) in [6.45, 7) is 1.28. The molecular formula is C17H27N. The highest BCUT2D eigenvalue weighted by atomic mass is 14.9. The highest BCUT2D eigenvalue weighted by Crippen LogP contribution is 2.52. The lowest BCUT2D eigenvalue weighted by Gasteiger charge is -2.50. The van der Waals surface area contributed by atoms with Gasteiger partial charge in [-0.05, 0) is 67.0 Å². The maximum absolute atomic E-state index is 3.65. The van der Waals surface area contributed by atoms with Crippen LogP contribution in [0.25, 0.3) is 0 Å². The molecule has 0 saturated heterocycles. The van der Waals surface area contributed by atoms with Gasteiger partial charge in [-0.15, -0.1) is 0 Å². The molecule has 3 aliphatic carbocycles. The zero-order valence-corrected chi connectivity index (χ0v) is 11.5. The van der Waals surface area contributed by atoms with Crippen LogP contribution < -0.4 is 5.32 Å². The Bertz CT molecular complexity index is 334. The fraction of sp³-hybridized carbons (Fsp3) is 0.882. The van der Waals surface area contributed by atoms with Gasteiger partial charge in [0.25, 0.3) is 0 Å². The molecule has 1 N–H and O–H groups in total. The first-order chi connectivity index (χ1) is 8.93. The summed E-state index contributed by atoms with van der Waals surface area (Å²) >= 11 is 0. The molecule has 100 valence electrons. The van der Waals surface area contributed by atoms with Crippen molar-refractivity contribution < 1.29 is 0 Å². The van der Waals surface area contributed by atoms with E-state index >= 15 is 0 Å². The van der Waals surface area contributed by atoms with Crippen LogP contribution >= 0.6 is 0 Å². The van der Waals surface area contributed by atoms with Crippen molar-refractivity contribution in [2.45, 2.75) is 57.8 Å². The third-order valence-corrected chi connectivity index (χ3v) is 6.46. The van der Waals surface area contributed by atoms with Crippen LogP contribution in [0.2, 0.25) is 0 Å². The minimum absolute atomic E-state index is 0.964. The molecule has 0 radical (unpaired) electrons. The number of allylic oxidation sites excluding steroid dienone is 1. The smallest absolute Gasteiger partial charge is 0.0178 e. The highest BCUT2D eigenvalue weighted by molar-refractivity contribution is 5.20. The van der Waals surface area contributed by atoms with Gasteiger partial charge in [-0.1, -0.05) is 32.1 Å². The van der Waals surface area contributed by atoms with Crippen LogP contribution in [0.3, 0.4) is 0 Å². The summed E-state index contributed by atoms with van der Waals surface area (Å²) in [4.78, 5) is 0. The Hall–Kier alpha value is -0.460. The topological polar surface area (TPSA) is 12.0 Å². The van der Waals surface area contributed by atoms with Crippen molar-refractivity contribution in [2.24, 2.45) is 29.6 Å². The molecule has 1 aliphatic heterocycles. The van der Waals surface area contributed by atoms with E-state index in [1.165, 1.54) is 64.3 Å². The molecule has 0 aromatic carbocycles. The third kappa shape index (κ3) is 1.73. The fourth-order valence-electron chi connectivity index (χ4n) is 4.66. The highest BCUT2D eigenvalue weighted by Gasteiger charge is 2.44. The quantitative estimate of drug-likeness (QED) is 0.789. The van der Waals surface area contributed by atoms with E-state index in [0.29, 0.717) is 0 Å². The van der Waals surface area contributed by atoms with Crippen molar-refractivity contribution in [1.82, 2.24) is 5.32 Å². The standard InChI is InChI=1S/C17H27N/c1-4-12(5-1)15-10-18-11-16(13-6-2-7-13)17(15)14-8-3-9-14/h10,12-14,16-18H,1-9,11H2. The van der Waals surface area contributed by atoms with E-state index < -0.39 is 0 Å². The number of hydrogen-bond acceptors (Lipinski definition) is 1. The monoisotopic (exact) mass is 245 g/mol. The van der Waals surface area contributed by atoms with Crippen molar-refractivity contribution >= 4 is 0 Å². The minimum atomic E-state index is 0.964. The SMILES string of the molecule is C1=C(C2CCC2)C(C2CCC2)C(C2CCC2)CN1. The first-order valence-electron chi connectivity index (χ1n) is 8.37. The molecule has 1 nitrogen and oxygen atoms in total. The van der Waals surface area contributed by atoms with Crippen LogP contribution in [0.5, 0.6) is 0 Å². The largest absolute Gasteiger partial charge is 0.391 e. The van der Waals surface area contributed by atoms with Crippen molar-refractivity contribution in [1.29, 1.82) is 0 Å². The second kappa shape index (κ2) is 4.58. The van der Waals surface area contributed by atoms with Crippen molar-refractivity contribution in [3.05, 3.63) is 11.8 Å². The Kier molecular flexibility index (Phi) is 2.89. The summed E-state index contributed by atoms with van der Waals surface area (Å²) in [6, 6.07) is 0. The normalized spacial score (nSPS) is 38.1. The molecule has 18 heavy (non-hydrogen) atoms. The first kappa shape index (κ1) is 11.4. The average molecular weight is 245 g/mol. The first-order valence-corrected chi connectivity index (χ1v) is 8.37. The van der Waals surface area contributed by atoms with E-state index in [0.717, 1.165) is 29.6 Å². The Balaban J connectivity index is 1.57. The molecule has 0 amide bonds. The number of hydrogen-bond donors (Lipinski definition) is 1. The molecule has 3 fully saturated rings. The van der Waals surface area contributed by atoms with E-state index in [-0.39, 0.29) is 0 Å². The maximum atomic E-state index is 3.65. The molecule has 0 aromatic rings. The van der Waals surface area contributed by atoms with Crippen molar-refractivity contribution in [2.75, 3.05) is 6.54 Å². The van der Waals surface area contributed by atoms with E-state index in [9.17, 15) is 0 Å². The van der Waals surface area contributed by atoms with E-state index in [2.05, 4.69) is 11.5 Å². The molecule has 0 aromatic heterocycles. The molecule has 4 aliphatic rings. The molecule has 0 bridgehead atoms. The van der Waals surface area contributed by atoms with E-state index in [1.54, 1.807) is 0 Å². The third-order valence-electron chi connectivity index (χ3n) is 6.46. The molecule has 2 unspecified atom stereocenters. The molecular weight excluding hydrogens is 218 g/mol. The Morgan fingerprint density at radius 3 is 2.00 bits per heavy atom. The van der Waals surface area contributed by atoms with Crippen molar-refractivity contribution in [3.8, 4) is 0 Å². The van der Waals surface area contributed by atoms with Crippen LogP contribution in [0.15, 0.2) is 11.8 Å². The summed E-state index contributed by atoms with van der Waals surface area (Å²) in [7, 11) is 0. The maximum Gasteiger partial charge on any atom is 0.0178 e. The van der Waals surface area contributed by atoms with Gasteiger partial charge in [0.1, 0.15) is 0 Å². The minimum Gasteiger partial charge on any atom is -0.391 e. The lowest BCUT2D eigenvalue weighted by Crippen LogP contribution is -2.46. The lowest BCUT2D eigenvalue weighted by molar-refractivity contribution is 0.0725. The van der Waals surface area contributed by atoms with Crippen LogP contribution in [-0.4, -0.2) is 6.54 Å². The van der Waals surface area contributed by atoms with Gasteiger partial charge in [-0.25, -0.2) is 0 Å². The van der Waals surface area contributed by atoms with Crippen LogP contribution in [0.1, 0.15) is 57.8 Å². The van der Waals surface area contributed by atoms with Crippen LogP contribution in [0, 0.1) is 29.6 Å². The second-order valence-electron chi connectivity index (χ2n) is 7.25.